The predicted octanol–water partition coefficient (Wildman–Crippen LogP) is 6.95. The fraction of sp³-hybridized carbons (Fsp3) is 0.321. The Morgan fingerprint density at radius 1 is 1.20 bits per heavy atom. The molecule has 0 spiro atoms. The standard InChI is InChI=1S/C28H29Cl2FN2O6S/c1-16(37-2)9-11-39-10-5-7-17-6-4-8-19(25(17)31)23-15-40-28(32-23)33-26(34)18-12-21(29)20(22(30)13-18)14-24(38-3)27(35)36/h4,6,8,12-16H,5,7,9-11H2,1-3H3,(H,35,36)(H,32,33,34)/b24-14-. The molecule has 2 aromatic carbocycles. The van der Waals surface area contributed by atoms with Gasteiger partial charge in [-0.25, -0.2) is 14.2 Å². The first-order valence-corrected chi connectivity index (χ1v) is 13.9. The topological polar surface area (TPSA) is 107 Å². The van der Waals surface area contributed by atoms with Gasteiger partial charge in [-0.15, -0.1) is 11.3 Å². The van der Waals surface area contributed by atoms with Crippen molar-refractivity contribution in [1.29, 1.82) is 0 Å². The molecule has 12 heteroatoms. The van der Waals surface area contributed by atoms with Gasteiger partial charge < -0.3 is 19.3 Å². The fourth-order valence-electron chi connectivity index (χ4n) is 3.62. The van der Waals surface area contributed by atoms with Crippen LogP contribution < -0.4 is 5.32 Å². The summed E-state index contributed by atoms with van der Waals surface area (Å²) < 4.78 is 30.9. The predicted molar refractivity (Wildman–Crippen MR) is 155 cm³/mol. The first-order valence-electron chi connectivity index (χ1n) is 12.3. The van der Waals surface area contributed by atoms with E-state index in [1.165, 1.54) is 25.3 Å². The van der Waals surface area contributed by atoms with Crippen LogP contribution in [0.2, 0.25) is 10.0 Å². The zero-order valence-electron chi connectivity index (χ0n) is 22.1. The number of thiazole rings is 1. The molecular formula is C28H29Cl2FN2O6S. The highest BCUT2D eigenvalue weighted by Crippen LogP contribution is 2.31. The van der Waals surface area contributed by atoms with Crippen LogP contribution in [-0.4, -0.2) is 55.5 Å². The lowest BCUT2D eigenvalue weighted by atomic mass is 10.0. The van der Waals surface area contributed by atoms with Gasteiger partial charge in [0, 0.05) is 42.4 Å². The van der Waals surface area contributed by atoms with Crippen molar-refractivity contribution in [2.45, 2.75) is 32.3 Å². The van der Waals surface area contributed by atoms with Gasteiger partial charge in [-0.05, 0) is 56.0 Å². The van der Waals surface area contributed by atoms with Crippen molar-refractivity contribution in [1.82, 2.24) is 4.98 Å². The number of carbonyl (C=O) groups is 2. The first-order chi connectivity index (χ1) is 19.1. The summed E-state index contributed by atoms with van der Waals surface area (Å²) in [4.78, 5) is 28.4. The number of carboxylic acid groups (broad SMARTS) is 1. The number of carbonyl (C=O) groups excluding carboxylic acids is 1. The highest BCUT2D eigenvalue weighted by Gasteiger charge is 2.18. The molecule has 0 saturated carbocycles. The van der Waals surface area contributed by atoms with Crippen LogP contribution >= 0.6 is 34.5 Å². The number of aromatic nitrogens is 1. The van der Waals surface area contributed by atoms with Crippen LogP contribution in [0.25, 0.3) is 17.3 Å². The number of nitrogens with zero attached hydrogens (tertiary/aromatic N) is 1. The van der Waals surface area contributed by atoms with E-state index in [-0.39, 0.29) is 44.0 Å². The maximum atomic E-state index is 15.3. The monoisotopic (exact) mass is 610 g/mol. The van der Waals surface area contributed by atoms with Gasteiger partial charge in [0.05, 0.1) is 29.0 Å². The van der Waals surface area contributed by atoms with E-state index < -0.39 is 11.9 Å². The number of hydrogen-bond donors (Lipinski definition) is 2. The SMILES string of the molecule is CO/C(=C\c1c(Cl)cc(C(=O)Nc2nc(-c3cccc(CCCOCCC(C)OC)c3F)cs2)cc1Cl)C(=O)O. The van der Waals surface area contributed by atoms with Crippen molar-refractivity contribution in [2.75, 3.05) is 32.8 Å². The van der Waals surface area contributed by atoms with E-state index in [1.807, 2.05) is 6.92 Å². The van der Waals surface area contributed by atoms with Crippen LogP contribution in [0.5, 0.6) is 0 Å². The zero-order chi connectivity index (χ0) is 29.2. The van der Waals surface area contributed by atoms with Gasteiger partial charge in [0.15, 0.2) is 5.13 Å². The largest absolute Gasteiger partial charge is 0.490 e. The molecule has 1 aromatic heterocycles. The Morgan fingerprint density at radius 2 is 1.93 bits per heavy atom. The maximum absolute atomic E-state index is 15.3. The molecule has 0 saturated heterocycles. The molecule has 1 heterocycles. The number of hydrogen-bond acceptors (Lipinski definition) is 7. The molecule has 0 aliphatic carbocycles. The summed E-state index contributed by atoms with van der Waals surface area (Å²) in [5.74, 6) is -2.57. The first kappa shape index (κ1) is 31.5. The van der Waals surface area contributed by atoms with Gasteiger partial charge >= 0.3 is 5.97 Å². The van der Waals surface area contributed by atoms with E-state index in [4.69, 9.17) is 42.5 Å². The van der Waals surface area contributed by atoms with Gasteiger partial charge in [0.1, 0.15) is 5.82 Å². The third-order valence-corrected chi connectivity index (χ3v) is 7.32. The Kier molecular flexibility index (Phi) is 11.9. The van der Waals surface area contributed by atoms with Crippen molar-refractivity contribution in [3.8, 4) is 11.3 Å². The second-order valence-corrected chi connectivity index (χ2v) is 10.4. The molecule has 0 bridgehead atoms. The molecule has 0 aliphatic rings. The van der Waals surface area contributed by atoms with E-state index in [0.29, 0.717) is 42.9 Å². The summed E-state index contributed by atoms with van der Waals surface area (Å²) in [7, 11) is 2.87. The normalized spacial score (nSPS) is 12.3. The number of rotatable bonds is 14. The number of benzene rings is 2. The molecule has 214 valence electrons. The highest BCUT2D eigenvalue weighted by atomic mass is 35.5. The van der Waals surface area contributed by atoms with Gasteiger partial charge in [-0.2, -0.15) is 0 Å². The van der Waals surface area contributed by atoms with Gasteiger partial charge in [0.25, 0.3) is 5.91 Å². The number of aryl methyl sites for hydroxylation is 1. The molecule has 1 amide bonds. The van der Waals surface area contributed by atoms with E-state index in [1.54, 1.807) is 30.7 Å². The molecule has 8 nitrogen and oxygen atoms in total. The van der Waals surface area contributed by atoms with Crippen LogP contribution in [0.15, 0.2) is 41.5 Å². The molecule has 2 N–H and O–H groups in total. The van der Waals surface area contributed by atoms with Crippen molar-refractivity contribution < 1.29 is 33.3 Å². The molecule has 0 aliphatic heterocycles. The van der Waals surface area contributed by atoms with Crippen LogP contribution in [0, 0.1) is 5.82 Å². The van der Waals surface area contributed by atoms with E-state index in [9.17, 15) is 9.59 Å². The minimum atomic E-state index is -1.30. The lowest BCUT2D eigenvalue weighted by molar-refractivity contribution is -0.135. The number of methoxy groups -OCH3 is 2. The fourth-order valence-corrected chi connectivity index (χ4v) is 4.92. The zero-order valence-corrected chi connectivity index (χ0v) is 24.5. The Hall–Kier alpha value is -3.02. The molecule has 1 atom stereocenters. The van der Waals surface area contributed by atoms with Crippen molar-refractivity contribution in [2.24, 2.45) is 0 Å². The van der Waals surface area contributed by atoms with Crippen LogP contribution in [0.3, 0.4) is 0 Å². The Balaban J connectivity index is 1.66. The summed E-state index contributed by atoms with van der Waals surface area (Å²) in [6.45, 7) is 3.08. The summed E-state index contributed by atoms with van der Waals surface area (Å²) >= 11 is 13.7. The summed E-state index contributed by atoms with van der Waals surface area (Å²) in [6.07, 6.45) is 3.28. The number of aliphatic carboxylic acids is 1. The average Bonchev–Trinajstić information content (AvgIpc) is 3.38. The average molecular weight is 612 g/mol. The molecule has 3 rings (SSSR count). The Bertz CT molecular complexity index is 1360. The van der Waals surface area contributed by atoms with E-state index in [0.717, 1.165) is 17.8 Å². The molecular weight excluding hydrogens is 582 g/mol. The molecule has 3 aromatic rings. The number of carboxylic acids is 1. The van der Waals surface area contributed by atoms with Crippen molar-refractivity contribution in [3.63, 3.8) is 0 Å². The van der Waals surface area contributed by atoms with Gasteiger partial charge in [-0.1, -0.05) is 35.3 Å². The maximum Gasteiger partial charge on any atom is 0.371 e. The molecule has 0 radical (unpaired) electrons. The number of halogens is 3. The third-order valence-electron chi connectivity index (χ3n) is 5.93. The van der Waals surface area contributed by atoms with E-state index >= 15 is 4.39 Å². The number of amides is 1. The van der Waals surface area contributed by atoms with Crippen LogP contribution in [0.1, 0.15) is 41.3 Å². The number of nitrogens with one attached hydrogen (secondary N) is 1. The van der Waals surface area contributed by atoms with Crippen molar-refractivity contribution in [3.05, 3.63) is 74.0 Å². The summed E-state index contributed by atoms with van der Waals surface area (Å²) in [5.41, 5.74) is 1.60. The number of anilines is 1. The highest BCUT2D eigenvalue weighted by molar-refractivity contribution is 7.14. The van der Waals surface area contributed by atoms with Crippen LogP contribution in [-0.2, 0) is 25.4 Å². The second-order valence-electron chi connectivity index (χ2n) is 8.69. The molecule has 1 unspecified atom stereocenters. The van der Waals surface area contributed by atoms with Crippen molar-refractivity contribution >= 4 is 57.6 Å². The lowest BCUT2D eigenvalue weighted by Crippen LogP contribution is -2.12. The summed E-state index contributed by atoms with van der Waals surface area (Å²) in [6, 6.07) is 7.84. The molecule has 0 fully saturated rings. The van der Waals surface area contributed by atoms with Crippen LogP contribution in [0.4, 0.5) is 9.52 Å². The van der Waals surface area contributed by atoms with Gasteiger partial charge in [0.2, 0.25) is 5.76 Å². The summed E-state index contributed by atoms with van der Waals surface area (Å²) in [5, 5.41) is 13.8. The smallest absolute Gasteiger partial charge is 0.371 e. The Labute approximate surface area is 245 Å². The quantitative estimate of drug-likeness (QED) is 0.115. The molecule has 40 heavy (non-hydrogen) atoms. The minimum absolute atomic E-state index is 0.0575. The van der Waals surface area contributed by atoms with E-state index in [2.05, 4.69) is 10.3 Å². The lowest BCUT2D eigenvalue weighted by Gasteiger charge is -2.10. The third kappa shape index (κ3) is 8.49. The Morgan fingerprint density at radius 3 is 2.58 bits per heavy atom. The number of ether oxygens (including phenoxy) is 3. The second kappa shape index (κ2) is 15.1. The minimum Gasteiger partial charge on any atom is -0.490 e. The van der Waals surface area contributed by atoms with Gasteiger partial charge in [-0.3, -0.25) is 10.1 Å².